The standard InChI is InChI=1S/C21H18Cl4N2O2S2/c1-12-8-20(18(25)10-16(12)23)31(28,29)14-4-6-27(7-5-14)21-26-19(11-30-21)15-3-2-13(22)9-17(15)24/h2-3,8-11,14H,4-7H2,1H3. The number of thiazole rings is 1. The van der Waals surface area contributed by atoms with E-state index in [-0.39, 0.29) is 9.92 Å². The van der Waals surface area contributed by atoms with Crippen LogP contribution in [-0.4, -0.2) is 31.7 Å². The molecule has 2 aromatic carbocycles. The summed E-state index contributed by atoms with van der Waals surface area (Å²) >= 11 is 26.1. The van der Waals surface area contributed by atoms with Crippen molar-refractivity contribution >= 4 is 72.7 Å². The van der Waals surface area contributed by atoms with E-state index in [0.717, 1.165) is 16.4 Å². The number of benzene rings is 2. The van der Waals surface area contributed by atoms with E-state index in [1.165, 1.54) is 17.4 Å². The number of halogens is 4. The smallest absolute Gasteiger partial charge is 0.185 e. The van der Waals surface area contributed by atoms with Gasteiger partial charge in [-0.1, -0.05) is 46.4 Å². The Labute approximate surface area is 205 Å². The molecule has 0 radical (unpaired) electrons. The highest BCUT2D eigenvalue weighted by Crippen LogP contribution is 2.36. The second-order valence-corrected chi connectivity index (χ2v) is 12.1. The third-order valence-corrected chi connectivity index (χ3v) is 9.95. The molecule has 1 fully saturated rings. The fourth-order valence-electron chi connectivity index (χ4n) is 3.62. The molecule has 0 spiro atoms. The summed E-state index contributed by atoms with van der Waals surface area (Å²) in [5.74, 6) is 0. The van der Waals surface area contributed by atoms with Crippen LogP contribution in [0.2, 0.25) is 20.1 Å². The maximum atomic E-state index is 13.2. The van der Waals surface area contributed by atoms with Crippen LogP contribution in [0.4, 0.5) is 5.13 Å². The van der Waals surface area contributed by atoms with E-state index in [4.69, 9.17) is 51.4 Å². The summed E-state index contributed by atoms with van der Waals surface area (Å²) in [5.41, 5.74) is 2.29. The lowest BCUT2D eigenvalue weighted by Crippen LogP contribution is -2.39. The van der Waals surface area contributed by atoms with E-state index in [0.29, 0.717) is 46.6 Å². The molecule has 0 unspecified atom stereocenters. The Kier molecular flexibility index (Phi) is 6.78. The van der Waals surface area contributed by atoms with Gasteiger partial charge in [0.1, 0.15) is 0 Å². The first kappa shape index (κ1) is 23.1. The van der Waals surface area contributed by atoms with Crippen LogP contribution in [0.5, 0.6) is 0 Å². The van der Waals surface area contributed by atoms with Crippen LogP contribution in [0.1, 0.15) is 18.4 Å². The lowest BCUT2D eigenvalue weighted by Gasteiger charge is -2.31. The van der Waals surface area contributed by atoms with Gasteiger partial charge in [0, 0.05) is 34.1 Å². The zero-order valence-corrected chi connectivity index (χ0v) is 21.1. The molecule has 4 nitrogen and oxygen atoms in total. The normalized spacial score (nSPS) is 15.5. The van der Waals surface area contributed by atoms with Crippen molar-refractivity contribution in [3.8, 4) is 11.3 Å². The van der Waals surface area contributed by atoms with Crippen LogP contribution in [0.3, 0.4) is 0 Å². The van der Waals surface area contributed by atoms with Gasteiger partial charge in [-0.25, -0.2) is 13.4 Å². The number of sulfone groups is 1. The lowest BCUT2D eigenvalue weighted by atomic mass is 10.1. The number of hydrogen-bond donors (Lipinski definition) is 0. The molecular formula is C21H18Cl4N2O2S2. The van der Waals surface area contributed by atoms with Crippen molar-refractivity contribution in [1.29, 1.82) is 0 Å². The quantitative estimate of drug-likeness (QED) is 0.355. The Balaban J connectivity index is 1.49. The van der Waals surface area contributed by atoms with Crippen molar-refractivity contribution < 1.29 is 8.42 Å². The first-order chi connectivity index (χ1) is 14.7. The van der Waals surface area contributed by atoms with Gasteiger partial charge in [0.05, 0.1) is 25.9 Å². The highest BCUT2D eigenvalue weighted by Gasteiger charge is 2.33. The molecule has 2 heterocycles. The monoisotopic (exact) mass is 534 g/mol. The number of nitrogens with zero attached hydrogens (tertiary/aromatic N) is 2. The van der Waals surface area contributed by atoms with Crippen molar-refractivity contribution in [2.45, 2.75) is 29.9 Å². The summed E-state index contributed by atoms with van der Waals surface area (Å²) in [6.45, 7) is 2.96. The van der Waals surface area contributed by atoms with Crippen molar-refractivity contribution in [3.05, 3.63) is 61.4 Å². The first-order valence-corrected chi connectivity index (χ1v) is 13.5. The zero-order valence-electron chi connectivity index (χ0n) is 16.4. The van der Waals surface area contributed by atoms with Crippen molar-refractivity contribution in [2.24, 2.45) is 0 Å². The summed E-state index contributed by atoms with van der Waals surface area (Å²) in [6, 6.07) is 8.38. The van der Waals surface area contributed by atoms with E-state index in [9.17, 15) is 8.42 Å². The second kappa shape index (κ2) is 9.08. The molecule has 0 bridgehead atoms. The van der Waals surface area contributed by atoms with E-state index in [2.05, 4.69) is 4.90 Å². The Morgan fingerprint density at radius 1 is 1.00 bits per heavy atom. The van der Waals surface area contributed by atoms with Crippen molar-refractivity contribution in [1.82, 2.24) is 4.98 Å². The van der Waals surface area contributed by atoms with Gasteiger partial charge in [-0.3, -0.25) is 0 Å². The van der Waals surface area contributed by atoms with Crippen LogP contribution in [0.25, 0.3) is 11.3 Å². The number of hydrogen-bond acceptors (Lipinski definition) is 5. The van der Waals surface area contributed by atoms with Crippen molar-refractivity contribution in [3.63, 3.8) is 0 Å². The molecule has 3 aromatic rings. The largest absolute Gasteiger partial charge is 0.348 e. The summed E-state index contributed by atoms with van der Waals surface area (Å²) in [4.78, 5) is 6.97. The Bertz CT molecular complexity index is 1240. The lowest BCUT2D eigenvalue weighted by molar-refractivity contribution is 0.529. The number of piperidine rings is 1. The van der Waals surface area contributed by atoms with Crippen LogP contribution in [-0.2, 0) is 9.84 Å². The SMILES string of the molecule is Cc1cc(S(=O)(=O)C2CCN(c3nc(-c4ccc(Cl)cc4Cl)cs3)CC2)c(Cl)cc1Cl. The van der Waals surface area contributed by atoms with Gasteiger partial charge in [-0.15, -0.1) is 11.3 Å². The predicted molar refractivity (Wildman–Crippen MR) is 131 cm³/mol. The van der Waals surface area contributed by atoms with Crippen LogP contribution in [0.15, 0.2) is 40.6 Å². The molecule has 1 saturated heterocycles. The highest BCUT2D eigenvalue weighted by molar-refractivity contribution is 7.92. The van der Waals surface area contributed by atoms with E-state index in [1.807, 2.05) is 11.4 Å². The fraction of sp³-hybridized carbons (Fsp3) is 0.286. The molecule has 164 valence electrons. The average molecular weight is 536 g/mol. The number of anilines is 1. The maximum Gasteiger partial charge on any atom is 0.185 e. The molecule has 31 heavy (non-hydrogen) atoms. The zero-order chi connectivity index (χ0) is 22.3. The molecule has 0 amide bonds. The van der Waals surface area contributed by atoms with Crippen LogP contribution < -0.4 is 4.90 Å². The minimum absolute atomic E-state index is 0.156. The van der Waals surface area contributed by atoms with Gasteiger partial charge >= 0.3 is 0 Å². The average Bonchev–Trinajstić information content (AvgIpc) is 3.20. The summed E-state index contributed by atoms with van der Waals surface area (Å²) in [6.07, 6.45) is 0.994. The minimum Gasteiger partial charge on any atom is -0.348 e. The molecule has 1 aliphatic rings. The molecule has 1 aromatic heterocycles. The molecule has 1 aliphatic heterocycles. The van der Waals surface area contributed by atoms with Crippen molar-refractivity contribution in [2.75, 3.05) is 18.0 Å². The summed E-state index contributed by atoms with van der Waals surface area (Å²) in [7, 11) is -3.55. The van der Waals surface area contributed by atoms with Crippen LogP contribution in [0, 0.1) is 6.92 Å². The van der Waals surface area contributed by atoms with Gasteiger partial charge in [-0.05, 0) is 55.7 Å². The molecule has 10 heteroatoms. The maximum absolute atomic E-state index is 13.2. The molecule has 0 aliphatic carbocycles. The van der Waals surface area contributed by atoms with E-state index in [1.54, 1.807) is 25.1 Å². The van der Waals surface area contributed by atoms with Gasteiger partial charge in [0.2, 0.25) is 0 Å². The molecule has 0 atom stereocenters. The Morgan fingerprint density at radius 2 is 1.71 bits per heavy atom. The minimum atomic E-state index is -3.55. The summed E-state index contributed by atoms with van der Waals surface area (Å²) in [5, 5.41) is 4.04. The predicted octanol–water partition coefficient (Wildman–Crippen LogP) is 7.17. The van der Waals surface area contributed by atoms with Gasteiger partial charge in [-0.2, -0.15) is 0 Å². The highest BCUT2D eigenvalue weighted by atomic mass is 35.5. The van der Waals surface area contributed by atoms with E-state index >= 15 is 0 Å². The van der Waals surface area contributed by atoms with Crippen LogP contribution >= 0.6 is 57.7 Å². The first-order valence-electron chi connectivity index (χ1n) is 9.52. The second-order valence-electron chi connectivity index (χ2n) is 7.40. The molecule has 0 saturated carbocycles. The molecule has 4 rings (SSSR count). The van der Waals surface area contributed by atoms with Gasteiger partial charge in [0.25, 0.3) is 0 Å². The van der Waals surface area contributed by atoms with Gasteiger partial charge < -0.3 is 4.90 Å². The fourth-order valence-corrected chi connectivity index (χ4v) is 7.57. The number of rotatable bonds is 4. The Hall–Kier alpha value is -1.02. The summed E-state index contributed by atoms with van der Waals surface area (Å²) < 4.78 is 26.4. The molecule has 0 N–H and O–H groups in total. The topological polar surface area (TPSA) is 50.3 Å². The van der Waals surface area contributed by atoms with E-state index < -0.39 is 15.1 Å². The number of aromatic nitrogens is 1. The third-order valence-electron chi connectivity index (χ3n) is 5.37. The molecular weight excluding hydrogens is 518 g/mol. The Morgan fingerprint density at radius 3 is 2.39 bits per heavy atom. The van der Waals surface area contributed by atoms with Gasteiger partial charge in [0.15, 0.2) is 15.0 Å². The third kappa shape index (κ3) is 4.70. The number of aryl methyl sites for hydroxylation is 1.